The standard InChI is InChI=1S/C25H34ClN5O3/c1-3-31-17-20(16-27-31)24(33)30-9-5-8-25(18-30,19-34-22-7-4-6-21(26)14-22)15-23(32)29-12-10-28(2)11-13-29/h4,6-7,14,16-17H,3,5,8-13,15,18-19H2,1-2H3. The van der Waals surface area contributed by atoms with Crippen molar-refractivity contribution >= 4 is 23.4 Å². The van der Waals surface area contributed by atoms with Crippen LogP contribution in [-0.4, -0.2) is 89.2 Å². The van der Waals surface area contributed by atoms with Crippen LogP contribution in [0.15, 0.2) is 36.7 Å². The van der Waals surface area contributed by atoms with Gasteiger partial charge in [0.1, 0.15) is 5.75 Å². The van der Waals surface area contributed by atoms with E-state index >= 15 is 0 Å². The number of piperazine rings is 1. The molecule has 2 aromatic rings. The van der Waals surface area contributed by atoms with E-state index in [1.807, 2.05) is 28.9 Å². The SMILES string of the molecule is CCn1cc(C(=O)N2CCCC(COc3cccc(Cl)c3)(CC(=O)N3CCN(C)CC3)C2)cn1. The number of halogens is 1. The minimum atomic E-state index is -0.461. The summed E-state index contributed by atoms with van der Waals surface area (Å²) in [5.41, 5.74) is 0.121. The number of benzene rings is 1. The zero-order chi connectivity index (χ0) is 24.1. The van der Waals surface area contributed by atoms with Crippen LogP contribution < -0.4 is 4.74 Å². The van der Waals surface area contributed by atoms with Crippen LogP contribution in [0.1, 0.15) is 36.5 Å². The van der Waals surface area contributed by atoms with Gasteiger partial charge in [-0.2, -0.15) is 5.10 Å². The second kappa shape index (κ2) is 10.8. The molecule has 1 aromatic heterocycles. The van der Waals surface area contributed by atoms with E-state index in [1.165, 1.54) is 0 Å². The molecule has 0 saturated carbocycles. The molecule has 2 amide bonds. The van der Waals surface area contributed by atoms with E-state index < -0.39 is 5.41 Å². The first-order chi connectivity index (χ1) is 16.4. The van der Waals surface area contributed by atoms with E-state index in [-0.39, 0.29) is 11.8 Å². The maximum absolute atomic E-state index is 13.3. The van der Waals surface area contributed by atoms with Gasteiger partial charge in [0.05, 0.1) is 18.4 Å². The number of hydrogen-bond donors (Lipinski definition) is 0. The molecule has 2 aliphatic rings. The zero-order valence-electron chi connectivity index (χ0n) is 20.1. The lowest BCUT2D eigenvalue weighted by molar-refractivity contribution is -0.137. The van der Waals surface area contributed by atoms with Crippen LogP contribution in [0.2, 0.25) is 5.02 Å². The second-order valence-electron chi connectivity index (χ2n) is 9.52. The molecule has 2 aliphatic heterocycles. The van der Waals surface area contributed by atoms with Gasteiger partial charge in [-0.25, -0.2) is 0 Å². The van der Waals surface area contributed by atoms with Gasteiger partial charge in [0, 0.05) is 68.9 Å². The van der Waals surface area contributed by atoms with Gasteiger partial charge in [0.25, 0.3) is 5.91 Å². The smallest absolute Gasteiger partial charge is 0.257 e. The van der Waals surface area contributed by atoms with Crippen LogP contribution in [0.3, 0.4) is 0 Å². The highest BCUT2D eigenvalue weighted by Crippen LogP contribution is 2.36. The molecular formula is C25H34ClN5O3. The summed E-state index contributed by atoms with van der Waals surface area (Å²) >= 11 is 6.14. The molecule has 2 saturated heterocycles. The fourth-order valence-electron chi connectivity index (χ4n) is 4.81. The fourth-order valence-corrected chi connectivity index (χ4v) is 4.99. The minimum absolute atomic E-state index is 0.0430. The first kappa shape index (κ1) is 24.5. The molecule has 4 rings (SSSR count). The molecule has 8 nitrogen and oxygen atoms in total. The van der Waals surface area contributed by atoms with E-state index in [1.54, 1.807) is 29.2 Å². The van der Waals surface area contributed by atoms with E-state index in [0.29, 0.717) is 49.0 Å². The fraction of sp³-hybridized carbons (Fsp3) is 0.560. The van der Waals surface area contributed by atoms with Gasteiger partial charge in [-0.3, -0.25) is 14.3 Å². The summed E-state index contributed by atoms with van der Waals surface area (Å²) in [7, 11) is 2.08. The summed E-state index contributed by atoms with van der Waals surface area (Å²) in [5.74, 6) is 0.765. The molecule has 1 unspecified atom stereocenters. The van der Waals surface area contributed by atoms with Crippen molar-refractivity contribution in [3.05, 3.63) is 47.2 Å². The van der Waals surface area contributed by atoms with Crippen molar-refractivity contribution in [2.75, 3.05) is 52.9 Å². The molecule has 1 atom stereocenters. The summed E-state index contributed by atoms with van der Waals surface area (Å²) in [4.78, 5) is 32.7. The van der Waals surface area contributed by atoms with Crippen molar-refractivity contribution in [3.63, 3.8) is 0 Å². The first-order valence-electron chi connectivity index (χ1n) is 12.0. The number of aromatic nitrogens is 2. The Labute approximate surface area is 206 Å². The predicted octanol–water partition coefficient (Wildman–Crippen LogP) is 3.02. The molecule has 34 heavy (non-hydrogen) atoms. The predicted molar refractivity (Wildman–Crippen MR) is 131 cm³/mol. The van der Waals surface area contributed by atoms with Crippen molar-refractivity contribution in [2.45, 2.75) is 32.7 Å². The van der Waals surface area contributed by atoms with Crippen LogP contribution in [0.25, 0.3) is 0 Å². The van der Waals surface area contributed by atoms with Crippen molar-refractivity contribution in [1.29, 1.82) is 0 Å². The van der Waals surface area contributed by atoms with Crippen LogP contribution in [0.5, 0.6) is 5.75 Å². The maximum Gasteiger partial charge on any atom is 0.257 e. The third-order valence-electron chi connectivity index (χ3n) is 6.88. The number of hydrogen-bond acceptors (Lipinski definition) is 5. The van der Waals surface area contributed by atoms with Gasteiger partial charge in [0.15, 0.2) is 0 Å². The van der Waals surface area contributed by atoms with Crippen LogP contribution >= 0.6 is 11.6 Å². The Hall–Kier alpha value is -2.58. The molecule has 0 N–H and O–H groups in total. The number of aryl methyl sites for hydroxylation is 1. The zero-order valence-corrected chi connectivity index (χ0v) is 20.8. The molecule has 0 bridgehead atoms. The van der Waals surface area contributed by atoms with Gasteiger partial charge in [-0.1, -0.05) is 17.7 Å². The van der Waals surface area contributed by atoms with Gasteiger partial charge in [-0.15, -0.1) is 0 Å². The summed E-state index contributed by atoms with van der Waals surface area (Å²) < 4.78 is 7.93. The topological polar surface area (TPSA) is 70.9 Å². The van der Waals surface area contributed by atoms with E-state index in [0.717, 1.165) is 39.0 Å². The van der Waals surface area contributed by atoms with E-state index in [2.05, 4.69) is 17.0 Å². The van der Waals surface area contributed by atoms with Crippen molar-refractivity contribution < 1.29 is 14.3 Å². The Bertz CT molecular complexity index is 1000. The molecule has 1 aromatic carbocycles. The second-order valence-corrected chi connectivity index (χ2v) is 9.96. The number of piperidine rings is 1. The largest absolute Gasteiger partial charge is 0.493 e. The Morgan fingerprint density at radius 2 is 1.94 bits per heavy atom. The lowest BCUT2D eigenvalue weighted by atomic mass is 9.77. The number of likely N-dealkylation sites (N-methyl/N-ethyl adjacent to an activating group) is 1. The van der Waals surface area contributed by atoms with Gasteiger partial charge in [0.2, 0.25) is 5.91 Å². The summed E-state index contributed by atoms with van der Waals surface area (Å²) in [6.07, 6.45) is 5.42. The van der Waals surface area contributed by atoms with E-state index in [4.69, 9.17) is 16.3 Å². The summed E-state index contributed by atoms with van der Waals surface area (Å²) in [6.45, 7) is 7.42. The average Bonchev–Trinajstić information content (AvgIpc) is 3.32. The number of likely N-dealkylation sites (tertiary alicyclic amines) is 1. The van der Waals surface area contributed by atoms with Crippen molar-refractivity contribution in [3.8, 4) is 5.75 Å². The van der Waals surface area contributed by atoms with Gasteiger partial charge >= 0.3 is 0 Å². The Morgan fingerprint density at radius 3 is 2.65 bits per heavy atom. The molecule has 184 valence electrons. The molecule has 0 aliphatic carbocycles. The van der Waals surface area contributed by atoms with Crippen molar-refractivity contribution in [2.24, 2.45) is 5.41 Å². The molecule has 2 fully saturated rings. The van der Waals surface area contributed by atoms with Gasteiger partial charge < -0.3 is 19.4 Å². The number of amides is 2. The maximum atomic E-state index is 13.3. The molecule has 0 radical (unpaired) electrons. The van der Waals surface area contributed by atoms with Crippen LogP contribution in [-0.2, 0) is 11.3 Å². The monoisotopic (exact) mass is 487 g/mol. The quantitative estimate of drug-likeness (QED) is 0.600. The minimum Gasteiger partial charge on any atom is -0.493 e. The Morgan fingerprint density at radius 1 is 1.15 bits per heavy atom. The molecule has 3 heterocycles. The lowest BCUT2D eigenvalue weighted by Gasteiger charge is -2.43. The normalized spacial score (nSPS) is 21.5. The van der Waals surface area contributed by atoms with Gasteiger partial charge in [-0.05, 0) is 45.0 Å². The average molecular weight is 488 g/mol. The Kier molecular flexibility index (Phi) is 7.78. The van der Waals surface area contributed by atoms with E-state index in [9.17, 15) is 9.59 Å². The Balaban J connectivity index is 1.51. The highest BCUT2D eigenvalue weighted by molar-refractivity contribution is 6.30. The third kappa shape index (κ3) is 5.91. The summed E-state index contributed by atoms with van der Waals surface area (Å²) in [5, 5.41) is 4.86. The molecule has 0 spiro atoms. The highest BCUT2D eigenvalue weighted by atomic mass is 35.5. The lowest BCUT2D eigenvalue weighted by Crippen LogP contribution is -2.53. The number of rotatable bonds is 7. The summed E-state index contributed by atoms with van der Waals surface area (Å²) in [6, 6.07) is 7.30. The van der Waals surface area contributed by atoms with Crippen molar-refractivity contribution in [1.82, 2.24) is 24.5 Å². The van der Waals surface area contributed by atoms with Crippen LogP contribution in [0, 0.1) is 5.41 Å². The molecular weight excluding hydrogens is 454 g/mol. The first-order valence-corrected chi connectivity index (χ1v) is 12.4. The number of ether oxygens (including phenoxy) is 1. The van der Waals surface area contributed by atoms with Crippen LogP contribution in [0.4, 0.5) is 0 Å². The molecule has 9 heteroatoms. The highest BCUT2D eigenvalue weighted by Gasteiger charge is 2.41. The number of nitrogens with zero attached hydrogens (tertiary/aromatic N) is 5. The third-order valence-corrected chi connectivity index (χ3v) is 7.11. The number of carbonyl (C=O) groups excluding carboxylic acids is 2. The number of carbonyl (C=O) groups is 2.